The first kappa shape index (κ1) is 20.5. The number of rotatable bonds is 5. The summed E-state index contributed by atoms with van der Waals surface area (Å²) in [5, 5.41) is 2.02. The van der Waals surface area contributed by atoms with Crippen LogP contribution in [0.25, 0.3) is 0 Å². The Bertz CT molecular complexity index is 954. The van der Waals surface area contributed by atoms with Gasteiger partial charge in [0, 0.05) is 23.7 Å². The number of nitrogens with one attached hydrogen (secondary N) is 1. The van der Waals surface area contributed by atoms with Gasteiger partial charge in [-0.3, -0.25) is 14.4 Å². The highest BCUT2D eigenvalue weighted by Gasteiger charge is 2.41. The second-order valence-electron chi connectivity index (χ2n) is 7.52. The molecule has 2 heterocycles. The minimum Gasteiger partial charge on any atom is -0.341 e. The van der Waals surface area contributed by atoms with Crippen molar-refractivity contribution in [2.24, 2.45) is 0 Å². The summed E-state index contributed by atoms with van der Waals surface area (Å²) in [7, 11) is 0. The van der Waals surface area contributed by atoms with Crippen molar-refractivity contribution in [2.45, 2.75) is 36.3 Å². The second kappa shape index (κ2) is 8.92. The number of anilines is 2. The van der Waals surface area contributed by atoms with Crippen LogP contribution in [0.3, 0.4) is 0 Å². The van der Waals surface area contributed by atoms with Crippen LogP contribution in [0.4, 0.5) is 11.4 Å². The van der Waals surface area contributed by atoms with Crippen LogP contribution in [0.1, 0.15) is 25.3 Å². The van der Waals surface area contributed by atoms with E-state index < -0.39 is 5.25 Å². The largest absolute Gasteiger partial charge is 0.341 e. The van der Waals surface area contributed by atoms with Crippen molar-refractivity contribution >= 4 is 40.9 Å². The Balaban J connectivity index is 1.53. The molecule has 156 valence electrons. The van der Waals surface area contributed by atoms with Gasteiger partial charge in [0.15, 0.2) is 5.25 Å². The number of carbonyl (C=O) groups excluding carboxylic acids is 3. The Morgan fingerprint density at radius 1 is 1.07 bits per heavy atom. The topological polar surface area (TPSA) is 69.7 Å². The van der Waals surface area contributed by atoms with Crippen LogP contribution in [0.15, 0.2) is 53.4 Å². The number of aryl methyl sites for hydroxylation is 1. The average molecular weight is 424 g/mol. The highest BCUT2D eigenvalue weighted by molar-refractivity contribution is 8.01. The summed E-state index contributed by atoms with van der Waals surface area (Å²) in [5.74, 6) is -0.772. The number of fused-ring (bicyclic) bond motifs is 1. The molecule has 0 aromatic heterocycles. The van der Waals surface area contributed by atoms with Crippen LogP contribution in [-0.2, 0) is 20.8 Å². The van der Waals surface area contributed by atoms with Gasteiger partial charge in [0.1, 0.15) is 6.54 Å². The number of nitrogens with zero attached hydrogens (tertiary/aromatic N) is 2. The summed E-state index contributed by atoms with van der Waals surface area (Å²) in [6, 6.07) is 15.1. The van der Waals surface area contributed by atoms with Gasteiger partial charge in [-0.25, -0.2) is 0 Å². The normalized spacial score (nSPS) is 18.3. The highest BCUT2D eigenvalue weighted by atomic mass is 32.2. The second-order valence-corrected chi connectivity index (χ2v) is 8.67. The van der Waals surface area contributed by atoms with Crippen LogP contribution in [0.2, 0.25) is 0 Å². The summed E-state index contributed by atoms with van der Waals surface area (Å²) < 4.78 is 0. The maximum Gasteiger partial charge on any atom is 0.250 e. The number of hydrogen-bond donors (Lipinski definition) is 1. The van der Waals surface area contributed by atoms with Gasteiger partial charge in [-0.15, -0.1) is 11.8 Å². The molecule has 1 saturated heterocycles. The van der Waals surface area contributed by atoms with Gasteiger partial charge in [-0.05, 0) is 49.1 Å². The molecule has 0 unspecified atom stereocenters. The molecule has 6 nitrogen and oxygen atoms in total. The van der Waals surface area contributed by atoms with Crippen molar-refractivity contribution in [1.29, 1.82) is 0 Å². The number of amides is 3. The standard InChI is InChI=1S/C23H25N3O3S/c1-2-16-9-11-17(12-10-16)24-20(27)15-26-18-7-3-4-8-19(18)30-21(23(26)29)22(28)25-13-5-6-14-25/h3-4,7-12,21H,2,5-6,13-15H2,1H3,(H,24,27)/t21-/m0/s1. The molecule has 0 bridgehead atoms. The van der Waals surface area contributed by atoms with E-state index in [9.17, 15) is 14.4 Å². The lowest BCUT2D eigenvalue weighted by atomic mass is 10.1. The SMILES string of the molecule is CCc1ccc(NC(=O)CN2C(=O)[C@H](C(=O)N3CCCC3)Sc3ccccc32)cc1. The Morgan fingerprint density at radius 3 is 2.47 bits per heavy atom. The van der Waals surface area contributed by atoms with Crippen molar-refractivity contribution in [3.05, 3.63) is 54.1 Å². The van der Waals surface area contributed by atoms with Crippen LogP contribution >= 0.6 is 11.8 Å². The van der Waals surface area contributed by atoms with Crippen LogP contribution < -0.4 is 10.2 Å². The zero-order valence-electron chi connectivity index (χ0n) is 17.0. The minimum atomic E-state index is -0.838. The minimum absolute atomic E-state index is 0.129. The number of likely N-dealkylation sites (tertiary alicyclic amines) is 1. The molecule has 0 spiro atoms. The van der Waals surface area contributed by atoms with Gasteiger partial charge < -0.3 is 15.1 Å². The van der Waals surface area contributed by atoms with Crippen LogP contribution in [-0.4, -0.2) is 47.5 Å². The fourth-order valence-corrected chi connectivity index (χ4v) is 5.00. The fourth-order valence-electron chi connectivity index (χ4n) is 3.81. The molecular weight excluding hydrogens is 398 g/mol. The molecule has 2 aromatic rings. The summed E-state index contributed by atoms with van der Waals surface area (Å²) in [6.07, 6.45) is 2.87. The molecular formula is C23H25N3O3S. The molecule has 2 aliphatic rings. The Morgan fingerprint density at radius 2 is 1.77 bits per heavy atom. The van der Waals surface area contributed by atoms with Gasteiger partial charge in [0.05, 0.1) is 5.69 Å². The molecule has 1 atom stereocenters. The summed E-state index contributed by atoms with van der Waals surface area (Å²) in [6.45, 7) is 3.33. The first-order chi connectivity index (χ1) is 14.6. The van der Waals surface area contributed by atoms with Crippen molar-refractivity contribution in [3.8, 4) is 0 Å². The van der Waals surface area contributed by atoms with E-state index in [2.05, 4.69) is 12.2 Å². The van der Waals surface area contributed by atoms with Gasteiger partial charge in [0.25, 0.3) is 5.91 Å². The predicted octanol–water partition coefficient (Wildman–Crippen LogP) is 3.32. The van der Waals surface area contributed by atoms with E-state index in [-0.39, 0.29) is 24.3 Å². The Hall–Kier alpha value is -2.80. The third-order valence-electron chi connectivity index (χ3n) is 5.48. The third kappa shape index (κ3) is 4.21. The number of hydrogen-bond acceptors (Lipinski definition) is 4. The number of thioether (sulfide) groups is 1. The van der Waals surface area contributed by atoms with Crippen molar-refractivity contribution < 1.29 is 14.4 Å². The van der Waals surface area contributed by atoms with Crippen molar-refractivity contribution in [3.63, 3.8) is 0 Å². The first-order valence-electron chi connectivity index (χ1n) is 10.3. The lowest BCUT2D eigenvalue weighted by molar-refractivity contribution is -0.134. The van der Waals surface area contributed by atoms with E-state index >= 15 is 0 Å². The molecule has 0 saturated carbocycles. The monoisotopic (exact) mass is 423 g/mol. The van der Waals surface area contributed by atoms with Gasteiger partial charge in [0.2, 0.25) is 11.8 Å². The van der Waals surface area contributed by atoms with E-state index in [0.717, 1.165) is 24.2 Å². The first-order valence-corrected chi connectivity index (χ1v) is 11.2. The van der Waals surface area contributed by atoms with Crippen LogP contribution in [0, 0.1) is 0 Å². The van der Waals surface area contributed by atoms with Crippen molar-refractivity contribution in [1.82, 2.24) is 4.90 Å². The number of para-hydroxylation sites is 1. The van der Waals surface area contributed by atoms with E-state index in [0.29, 0.717) is 24.5 Å². The molecule has 0 radical (unpaired) electrons. The molecule has 3 amide bonds. The van der Waals surface area contributed by atoms with E-state index in [1.54, 1.807) is 4.90 Å². The lowest BCUT2D eigenvalue weighted by Crippen LogP contribution is -2.51. The van der Waals surface area contributed by atoms with Crippen molar-refractivity contribution in [2.75, 3.05) is 29.9 Å². The Labute approximate surface area is 180 Å². The number of benzene rings is 2. The quantitative estimate of drug-likeness (QED) is 0.749. The molecule has 1 fully saturated rings. The molecule has 1 N–H and O–H groups in total. The summed E-state index contributed by atoms with van der Waals surface area (Å²) in [5.41, 5.74) is 2.55. The summed E-state index contributed by atoms with van der Waals surface area (Å²) in [4.78, 5) is 43.0. The molecule has 7 heteroatoms. The van der Waals surface area contributed by atoms with Crippen LogP contribution in [0.5, 0.6) is 0 Å². The average Bonchev–Trinajstić information content (AvgIpc) is 3.30. The van der Waals surface area contributed by atoms with Gasteiger partial charge in [-0.1, -0.05) is 31.2 Å². The smallest absolute Gasteiger partial charge is 0.250 e. The summed E-state index contributed by atoms with van der Waals surface area (Å²) >= 11 is 1.28. The molecule has 2 aromatic carbocycles. The fraction of sp³-hybridized carbons (Fsp3) is 0.348. The highest BCUT2D eigenvalue weighted by Crippen LogP contribution is 2.40. The van der Waals surface area contributed by atoms with E-state index in [1.807, 2.05) is 48.5 Å². The van der Waals surface area contributed by atoms with E-state index in [1.165, 1.54) is 22.2 Å². The van der Waals surface area contributed by atoms with E-state index in [4.69, 9.17) is 0 Å². The zero-order chi connectivity index (χ0) is 21.1. The lowest BCUT2D eigenvalue weighted by Gasteiger charge is -2.34. The molecule has 0 aliphatic carbocycles. The molecule has 30 heavy (non-hydrogen) atoms. The van der Waals surface area contributed by atoms with Gasteiger partial charge >= 0.3 is 0 Å². The van der Waals surface area contributed by atoms with Gasteiger partial charge in [-0.2, -0.15) is 0 Å². The maximum absolute atomic E-state index is 13.2. The third-order valence-corrected chi connectivity index (χ3v) is 6.72. The maximum atomic E-state index is 13.2. The Kier molecular flexibility index (Phi) is 6.08. The predicted molar refractivity (Wildman–Crippen MR) is 119 cm³/mol. The zero-order valence-corrected chi connectivity index (χ0v) is 17.8. The molecule has 4 rings (SSSR count). The molecule has 2 aliphatic heterocycles. The number of carbonyl (C=O) groups is 3.